The van der Waals surface area contributed by atoms with Gasteiger partial charge >= 0.3 is 11.9 Å². The van der Waals surface area contributed by atoms with E-state index >= 15 is 0 Å². The van der Waals surface area contributed by atoms with Crippen molar-refractivity contribution < 1.29 is 23.8 Å². The molecule has 28 heavy (non-hydrogen) atoms. The van der Waals surface area contributed by atoms with Crippen LogP contribution in [0.1, 0.15) is 32.1 Å². The smallest absolute Gasteiger partial charge is 0.343 e. The molecular weight excluding hydrogens is 360 g/mol. The number of aromatic nitrogens is 2. The molecule has 3 aromatic rings. The molecule has 144 valence electrons. The largest absolute Gasteiger partial charge is 0.493 e. The van der Waals surface area contributed by atoms with E-state index in [1.165, 1.54) is 32.4 Å². The van der Waals surface area contributed by atoms with Crippen LogP contribution in [0, 0.1) is 13.8 Å². The Hall–Kier alpha value is -3.61. The minimum absolute atomic E-state index is 0.211. The summed E-state index contributed by atoms with van der Waals surface area (Å²) in [7, 11) is 2.72. The van der Waals surface area contributed by atoms with Crippen LogP contribution >= 0.6 is 0 Å². The maximum Gasteiger partial charge on any atom is 0.343 e. The van der Waals surface area contributed by atoms with Gasteiger partial charge < -0.3 is 14.2 Å². The molecule has 3 rings (SSSR count). The number of nitrogens with zero attached hydrogens (tertiary/aromatic N) is 2. The molecule has 0 aliphatic heterocycles. The summed E-state index contributed by atoms with van der Waals surface area (Å²) in [6, 6.07) is 13.4. The van der Waals surface area contributed by atoms with Crippen molar-refractivity contribution in [1.29, 1.82) is 0 Å². The summed E-state index contributed by atoms with van der Waals surface area (Å²) >= 11 is 0. The second kappa shape index (κ2) is 7.96. The maximum absolute atomic E-state index is 12.5. The molecule has 1 aromatic heterocycles. The highest BCUT2D eigenvalue weighted by molar-refractivity contribution is 5.93. The van der Waals surface area contributed by atoms with Gasteiger partial charge in [0.1, 0.15) is 0 Å². The van der Waals surface area contributed by atoms with Crippen LogP contribution in [0.3, 0.4) is 0 Å². The van der Waals surface area contributed by atoms with E-state index in [1.54, 1.807) is 28.9 Å². The molecule has 0 unspecified atom stereocenters. The zero-order valence-electron chi connectivity index (χ0n) is 16.1. The topological polar surface area (TPSA) is 79.7 Å². The standard InChI is InChI=1S/C21H20N2O5/c1-13-11-14(2)23(22-13)17-8-5-15(6-9-17)21(25)28-18-10-7-16(20(24)27-4)12-19(18)26-3/h5-12H,1-4H3. The Morgan fingerprint density at radius 2 is 1.54 bits per heavy atom. The van der Waals surface area contributed by atoms with Gasteiger partial charge in [0, 0.05) is 5.69 Å². The summed E-state index contributed by atoms with van der Waals surface area (Å²) in [5.74, 6) is -0.571. The SMILES string of the molecule is COC(=O)c1ccc(OC(=O)c2ccc(-n3nc(C)cc3C)cc2)c(OC)c1. The monoisotopic (exact) mass is 380 g/mol. The van der Waals surface area contributed by atoms with E-state index in [9.17, 15) is 9.59 Å². The summed E-state index contributed by atoms with van der Waals surface area (Å²) in [6.45, 7) is 3.89. The van der Waals surface area contributed by atoms with Crippen LogP contribution in [0.2, 0.25) is 0 Å². The van der Waals surface area contributed by atoms with Gasteiger partial charge in [-0.3, -0.25) is 0 Å². The van der Waals surface area contributed by atoms with Gasteiger partial charge in [0.15, 0.2) is 11.5 Å². The fourth-order valence-electron chi connectivity index (χ4n) is 2.78. The molecule has 7 nitrogen and oxygen atoms in total. The van der Waals surface area contributed by atoms with Crippen LogP contribution in [-0.2, 0) is 4.74 Å². The second-order valence-electron chi connectivity index (χ2n) is 6.13. The molecule has 0 saturated carbocycles. The highest BCUT2D eigenvalue weighted by atomic mass is 16.6. The van der Waals surface area contributed by atoms with Crippen molar-refractivity contribution in [2.75, 3.05) is 14.2 Å². The molecule has 1 heterocycles. The predicted molar refractivity (Wildman–Crippen MR) is 102 cm³/mol. The first kappa shape index (κ1) is 19.2. The average molecular weight is 380 g/mol. The van der Waals surface area contributed by atoms with Crippen molar-refractivity contribution in [1.82, 2.24) is 9.78 Å². The molecule has 7 heteroatoms. The summed E-state index contributed by atoms with van der Waals surface area (Å²) in [5, 5.41) is 4.42. The molecule has 0 radical (unpaired) electrons. The number of carbonyl (C=O) groups excluding carboxylic acids is 2. The number of methoxy groups -OCH3 is 2. The zero-order chi connectivity index (χ0) is 20.3. The van der Waals surface area contributed by atoms with E-state index in [4.69, 9.17) is 9.47 Å². The van der Waals surface area contributed by atoms with Crippen molar-refractivity contribution in [2.24, 2.45) is 0 Å². The van der Waals surface area contributed by atoms with E-state index in [0.717, 1.165) is 17.1 Å². The molecule has 0 aliphatic carbocycles. The number of benzene rings is 2. The highest BCUT2D eigenvalue weighted by Gasteiger charge is 2.16. The minimum Gasteiger partial charge on any atom is -0.493 e. The number of ether oxygens (including phenoxy) is 3. The molecular formula is C21H20N2O5. The minimum atomic E-state index is -0.538. The van der Waals surface area contributed by atoms with Gasteiger partial charge in [-0.2, -0.15) is 5.10 Å². The van der Waals surface area contributed by atoms with Crippen LogP contribution in [-0.4, -0.2) is 35.9 Å². The first-order valence-electron chi connectivity index (χ1n) is 8.55. The average Bonchev–Trinajstić information content (AvgIpc) is 3.05. The third-order valence-corrected chi connectivity index (χ3v) is 4.14. The van der Waals surface area contributed by atoms with Crippen molar-refractivity contribution in [3.63, 3.8) is 0 Å². The number of carbonyl (C=O) groups is 2. The Balaban J connectivity index is 1.79. The number of esters is 2. The van der Waals surface area contributed by atoms with Crippen molar-refractivity contribution in [3.05, 3.63) is 71.0 Å². The van der Waals surface area contributed by atoms with Crippen molar-refractivity contribution in [2.45, 2.75) is 13.8 Å². The predicted octanol–water partition coefficient (Wildman–Crippen LogP) is 3.50. The van der Waals surface area contributed by atoms with E-state index in [-0.39, 0.29) is 11.5 Å². The molecule has 0 fully saturated rings. The molecule has 0 spiro atoms. The fourth-order valence-corrected chi connectivity index (χ4v) is 2.78. The lowest BCUT2D eigenvalue weighted by Crippen LogP contribution is -2.10. The van der Waals surface area contributed by atoms with E-state index in [1.807, 2.05) is 19.9 Å². The van der Waals surface area contributed by atoms with Crippen LogP contribution in [0.25, 0.3) is 5.69 Å². The van der Waals surface area contributed by atoms with Crippen LogP contribution in [0.15, 0.2) is 48.5 Å². The van der Waals surface area contributed by atoms with Gasteiger partial charge in [-0.1, -0.05) is 0 Å². The summed E-state index contributed by atoms with van der Waals surface area (Å²) in [6.07, 6.45) is 0. The van der Waals surface area contributed by atoms with Gasteiger partial charge in [0.25, 0.3) is 0 Å². The van der Waals surface area contributed by atoms with E-state index in [2.05, 4.69) is 9.84 Å². The number of rotatable bonds is 5. The number of aryl methyl sites for hydroxylation is 2. The molecule has 0 bridgehead atoms. The maximum atomic E-state index is 12.5. The Labute approximate surface area is 162 Å². The fraction of sp³-hybridized carbons (Fsp3) is 0.190. The quantitative estimate of drug-likeness (QED) is 0.498. The molecule has 0 N–H and O–H groups in total. The number of hydrogen-bond donors (Lipinski definition) is 0. The Morgan fingerprint density at radius 3 is 2.11 bits per heavy atom. The summed E-state index contributed by atoms with van der Waals surface area (Å²) < 4.78 is 17.1. The lowest BCUT2D eigenvalue weighted by Gasteiger charge is -2.11. The van der Waals surface area contributed by atoms with E-state index in [0.29, 0.717) is 11.1 Å². The molecule has 0 aliphatic rings. The Kier molecular flexibility index (Phi) is 5.44. The Morgan fingerprint density at radius 1 is 0.857 bits per heavy atom. The lowest BCUT2D eigenvalue weighted by atomic mass is 10.2. The molecule has 0 atom stereocenters. The first-order valence-corrected chi connectivity index (χ1v) is 8.55. The zero-order valence-corrected chi connectivity index (χ0v) is 16.1. The summed E-state index contributed by atoms with van der Waals surface area (Å²) in [4.78, 5) is 24.1. The molecule has 0 saturated heterocycles. The normalized spacial score (nSPS) is 10.4. The van der Waals surface area contributed by atoms with Gasteiger partial charge in [-0.15, -0.1) is 0 Å². The van der Waals surface area contributed by atoms with Crippen LogP contribution in [0.5, 0.6) is 11.5 Å². The lowest BCUT2D eigenvalue weighted by molar-refractivity contribution is 0.0600. The van der Waals surface area contributed by atoms with E-state index < -0.39 is 11.9 Å². The van der Waals surface area contributed by atoms with Crippen LogP contribution < -0.4 is 9.47 Å². The second-order valence-corrected chi connectivity index (χ2v) is 6.13. The van der Waals surface area contributed by atoms with Gasteiger partial charge in [0.05, 0.1) is 36.7 Å². The summed E-state index contributed by atoms with van der Waals surface area (Å²) in [5.41, 5.74) is 3.45. The number of hydrogen-bond acceptors (Lipinski definition) is 6. The molecule has 2 aromatic carbocycles. The van der Waals surface area contributed by atoms with Gasteiger partial charge in [-0.05, 0) is 62.4 Å². The first-order chi connectivity index (χ1) is 13.4. The third-order valence-electron chi connectivity index (χ3n) is 4.14. The highest BCUT2D eigenvalue weighted by Crippen LogP contribution is 2.29. The van der Waals surface area contributed by atoms with Gasteiger partial charge in [0.2, 0.25) is 0 Å². The molecule has 0 amide bonds. The van der Waals surface area contributed by atoms with Crippen LogP contribution in [0.4, 0.5) is 0 Å². The third kappa shape index (κ3) is 3.88. The van der Waals surface area contributed by atoms with Crippen molar-refractivity contribution >= 4 is 11.9 Å². The van der Waals surface area contributed by atoms with Gasteiger partial charge in [-0.25, -0.2) is 14.3 Å². The van der Waals surface area contributed by atoms with Crippen molar-refractivity contribution in [3.8, 4) is 17.2 Å². The Bertz CT molecular complexity index is 1020.